The number of aromatic nitrogens is 2. The number of nitrogens with one attached hydrogen (secondary N) is 2. The molecule has 1 heterocycles. The van der Waals surface area contributed by atoms with Gasteiger partial charge < -0.3 is 10.6 Å². The Labute approximate surface area is 176 Å². The van der Waals surface area contributed by atoms with Crippen LogP contribution in [0.25, 0.3) is 0 Å². The number of carbonyl (C=O) groups is 3. The lowest BCUT2D eigenvalue weighted by Crippen LogP contribution is -2.28. The third kappa shape index (κ3) is 3.83. The number of fused-ring (bicyclic) bond motifs is 1. The van der Waals surface area contributed by atoms with Gasteiger partial charge in [0.05, 0.1) is 6.20 Å². The van der Waals surface area contributed by atoms with Crippen LogP contribution in [0.2, 0.25) is 0 Å². The summed E-state index contributed by atoms with van der Waals surface area (Å²) in [5.74, 6) is -0.665. The molecule has 1 aliphatic rings. The number of anilines is 1. The second-order valence-corrected chi connectivity index (χ2v) is 6.87. The standard InChI is InChI=1S/C22H15ClN4O3/c23-18-19(21(29)16-4-2-1-3-15(16)20(18)28)26-11-13-5-7-14(8-6-13)22(30)27-17-12-24-9-10-25-17/h1-10,12,26H,11H2,(H,25,27,30). The summed E-state index contributed by atoms with van der Waals surface area (Å²) in [6.45, 7) is 0.263. The summed E-state index contributed by atoms with van der Waals surface area (Å²) in [4.78, 5) is 45.3. The number of ketones is 2. The monoisotopic (exact) mass is 418 g/mol. The molecule has 4 rings (SSSR count). The average molecular weight is 419 g/mol. The van der Waals surface area contributed by atoms with Gasteiger partial charge in [-0.3, -0.25) is 19.4 Å². The molecule has 0 saturated heterocycles. The fraction of sp³-hybridized carbons (Fsp3) is 0.0455. The molecule has 1 aromatic heterocycles. The second-order valence-electron chi connectivity index (χ2n) is 6.49. The normalized spacial score (nSPS) is 13.1. The highest BCUT2D eigenvalue weighted by Gasteiger charge is 2.30. The predicted octanol–water partition coefficient (Wildman–Crippen LogP) is 3.35. The van der Waals surface area contributed by atoms with Crippen LogP contribution in [0.4, 0.5) is 5.82 Å². The van der Waals surface area contributed by atoms with Gasteiger partial charge in [-0.2, -0.15) is 0 Å². The minimum absolute atomic E-state index is 0.0739. The number of rotatable bonds is 5. The van der Waals surface area contributed by atoms with E-state index in [1.165, 1.54) is 18.6 Å². The molecule has 7 nitrogen and oxygen atoms in total. The van der Waals surface area contributed by atoms with Gasteiger partial charge in [-0.25, -0.2) is 4.98 Å². The predicted molar refractivity (Wildman–Crippen MR) is 111 cm³/mol. The molecular formula is C22H15ClN4O3. The largest absolute Gasteiger partial charge is 0.376 e. The van der Waals surface area contributed by atoms with Gasteiger partial charge in [0.2, 0.25) is 11.6 Å². The molecule has 8 heteroatoms. The van der Waals surface area contributed by atoms with E-state index in [9.17, 15) is 14.4 Å². The van der Waals surface area contributed by atoms with Gasteiger partial charge in [-0.05, 0) is 17.7 Å². The van der Waals surface area contributed by atoms with Crippen molar-refractivity contribution >= 4 is 34.9 Å². The van der Waals surface area contributed by atoms with E-state index in [1.807, 2.05) is 0 Å². The molecule has 1 aliphatic carbocycles. The zero-order valence-electron chi connectivity index (χ0n) is 15.6. The summed E-state index contributed by atoms with van der Waals surface area (Å²) in [5, 5.41) is 5.48. The first kappa shape index (κ1) is 19.5. The molecule has 0 aliphatic heterocycles. The van der Waals surface area contributed by atoms with Gasteiger partial charge in [0.1, 0.15) is 10.7 Å². The third-order valence-corrected chi connectivity index (χ3v) is 4.91. The number of carbonyl (C=O) groups excluding carboxylic acids is 3. The number of benzene rings is 2. The molecule has 0 saturated carbocycles. The number of allylic oxidation sites excluding steroid dienone is 2. The van der Waals surface area contributed by atoms with Crippen LogP contribution in [0, 0.1) is 0 Å². The van der Waals surface area contributed by atoms with Crippen molar-refractivity contribution in [3.63, 3.8) is 0 Å². The Balaban J connectivity index is 1.44. The summed E-state index contributed by atoms with van der Waals surface area (Å²) in [7, 11) is 0. The van der Waals surface area contributed by atoms with Crippen LogP contribution >= 0.6 is 11.6 Å². The molecule has 3 aromatic rings. The second kappa shape index (κ2) is 8.26. The van der Waals surface area contributed by atoms with Crippen LogP contribution in [0.5, 0.6) is 0 Å². The van der Waals surface area contributed by atoms with E-state index in [-0.39, 0.29) is 34.7 Å². The summed E-state index contributed by atoms with van der Waals surface area (Å²) in [6, 6.07) is 13.4. The molecule has 2 N–H and O–H groups in total. The first-order valence-corrected chi connectivity index (χ1v) is 9.41. The smallest absolute Gasteiger partial charge is 0.256 e. The van der Waals surface area contributed by atoms with Gasteiger partial charge in [0, 0.05) is 35.6 Å². The highest BCUT2D eigenvalue weighted by Crippen LogP contribution is 2.27. The van der Waals surface area contributed by atoms with Crippen LogP contribution in [-0.2, 0) is 6.54 Å². The van der Waals surface area contributed by atoms with Crippen molar-refractivity contribution in [2.75, 3.05) is 5.32 Å². The third-order valence-electron chi connectivity index (χ3n) is 4.55. The molecule has 0 radical (unpaired) electrons. The molecule has 0 atom stereocenters. The van der Waals surface area contributed by atoms with E-state index in [1.54, 1.807) is 48.5 Å². The molecule has 1 amide bonds. The molecule has 0 spiro atoms. The Kier molecular flexibility index (Phi) is 5.36. The van der Waals surface area contributed by atoms with Crippen molar-refractivity contribution in [3.8, 4) is 0 Å². The fourth-order valence-corrected chi connectivity index (χ4v) is 3.27. The maximum absolute atomic E-state index is 12.7. The van der Waals surface area contributed by atoms with Crippen LogP contribution < -0.4 is 10.6 Å². The quantitative estimate of drug-likeness (QED) is 0.659. The van der Waals surface area contributed by atoms with Gasteiger partial charge >= 0.3 is 0 Å². The van der Waals surface area contributed by atoms with Crippen molar-refractivity contribution in [1.29, 1.82) is 0 Å². The van der Waals surface area contributed by atoms with E-state index in [0.29, 0.717) is 22.5 Å². The molecule has 30 heavy (non-hydrogen) atoms. The fourth-order valence-electron chi connectivity index (χ4n) is 3.02. The number of hydrogen-bond acceptors (Lipinski definition) is 6. The van der Waals surface area contributed by atoms with Crippen LogP contribution in [0.3, 0.4) is 0 Å². The molecule has 0 fully saturated rings. The van der Waals surface area contributed by atoms with Crippen LogP contribution in [0.1, 0.15) is 36.6 Å². The topological polar surface area (TPSA) is 101 Å². The lowest BCUT2D eigenvalue weighted by Gasteiger charge is -2.19. The zero-order valence-corrected chi connectivity index (χ0v) is 16.3. The SMILES string of the molecule is O=C(Nc1cnccn1)c1ccc(CNC2=C(Cl)C(=O)c3ccccc3C2=O)cc1. The van der Waals surface area contributed by atoms with E-state index in [2.05, 4.69) is 20.6 Å². The van der Waals surface area contributed by atoms with E-state index >= 15 is 0 Å². The van der Waals surface area contributed by atoms with Crippen molar-refractivity contribution < 1.29 is 14.4 Å². The molecule has 2 aromatic carbocycles. The minimum atomic E-state index is -0.384. The molecule has 148 valence electrons. The molecule has 0 bridgehead atoms. The van der Waals surface area contributed by atoms with Gasteiger partial charge in [0.15, 0.2) is 5.82 Å². The lowest BCUT2D eigenvalue weighted by molar-refractivity contribution is 0.0974. The maximum Gasteiger partial charge on any atom is 0.256 e. The van der Waals surface area contributed by atoms with Crippen LogP contribution in [-0.4, -0.2) is 27.4 Å². The first-order chi connectivity index (χ1) is 14.5. The van der Waals surface area contributed by atoms with Crippen molar-refractivity contribution in [3.05, 3.63) is 100 Å². The Bertz CT molecular complexity index is 1170. The lowest BCUT2D eigenvalue weighted by atomic mass is 9.92. The van der Waals surface area contributed by atoms with Gasteiger partial charge in [-0.1, -0.05) is 48.0 Å². The summed E-state index contributed by atoms with van der Waals surface area (Å²) < 4.78 is 0. The summed E-state index contributed by atoms with van der Waals surface area (Å²) in [6.07, 6.45) is 4.45. The number of halogens is 1. The summed E-state index contributed by atoms with van der Waals surface area (Å²) >= 11 is 6.15. The number of hydrogen-bond donors (Lipinski definition) is 2. The van der Waals surface area contributed by atoms with E-state index in [0.717, 1.165) is 5.56 Å². The van der Waals surface area contributed by atoms with Gasteiger partial charge in [-0.15, -0.1) is 0 Å². The van der Waals surface area contributed by atoms with E-state index in [4.69, 9.17) is 11.6 Å². The van der Waals surface area contributed by atoms with Gasteiger partial charge in [0.25, 0.3) is 5.91 Å². The zero-order chi connectivity index (χ0) is 21.1. The van der Waals surface area contributed by atoms with Crippen molar-refractivity contribution in [1.82, 2.24) is 15.3 Å². The number of Topliss-reactive ketones (excluding diaryl/α,β-unsaturated/α-hetero) is 2. The van der Waals surface area contributed by atoms with Crippen molar-refractivity contribution in [2.45, 2.75) is 6.54 Å². The van der Waals surface area contributed by atoms with E-state index < -0.39 is 0 Å². The maximum atomic E-state index is 12.7. The van der Waals surface area contributed by atoms with Crippen molar-refractivity contribution in [2.24, 2.45) is 0 Å². The highest BCUT2D eigenvalue weighted by molar-refractivity contribution is 6.49. The molecule has 0 unspecified atom stereocenters. The first-order valence-electron chi connectivity index (χ1n) is 9.03. The highest BCUT2D eigenvalue weighted by atomic mass is 35.5. The average Bonchev–Trinajstić information content (AvgIpc) is 2.78. The molecular weight excluding hydrogens is 404 g/mol. The van der Waals surface area contributed by atoms with Crippen LogP contribution in [0.15, 0.2) is 77.9 Å². The Morgan fingerprint density at radius 2 is 1.63 bits per heavy atom. The number of amides is 1. The minimum Gasteiger partial charge on any atom is -0.376 e. The Morgan fingerprint density at radius 3 is 2.30 bits per heavy atom. The summed E-state index contributed by atoms with van der Waals surface area (Å²) in [5.41, 5.74) is 1.95. The Morgan fingerprint density at radius 1 is 0.933 bits per heavy atom. The number of nitrogens with zero attached hydrogens (tertiary/aromatic N) is 2. The Hall–Kier alpha value is -3.84.